The quantitative estimate of drug-likeness (QED) is 0.634. The van der Waals surface area contributed by atoms with Crippen molar-refractivity contribution < 1.29 is 13.9 Å². The molecule has 0 spiro atoms. The number of hydrogen-bond acceptors (Lipinski definition) is 4. The van der Waals surface area contributed by atoms with Gasteiger partial charge >= 0.3 is 5.97 Å². The summed E-state index contributed by atoms with van der Waals surface area (Å²) in [5, 5.41) is 2.72. The van der Waals surface area contributed by atoms with E-state index in [1.807, 2.05) is 6.92 Å². The summed E-state index contributed by atoms with van der Waals surface area (Å²) in [6, 6.07) is 0. The van der Waals surface area contributed by atoms with Gasteiger partial charge in [0.05, 0.1) is 16.8 Å². The number of rotatable bonds is 5. The lowest BCUT2D eigenvalue weighted by Crippen LogP contribution is -2.21. The SMILES string of the molecule is CCNCCOC(=O)c1cncc(F)c1Cl. The molecule has 0 aliphatic heterocycles. The van der Waals surface area contributed by atoms with Crippen LogP contribution in [0.2, 0.25) is 5.02 Å². The fourth-order valence-corrected chi connectivity index (χ4v) is 1.21. The van der Waals surface area contributed by atoms with Gasteiger partial charge in [-0.3, -0.25) is 4.98 Å². The topological polar surface area (TPSA) is 51.2 Å². The summed E-state index contributed by atoms with van der Waals surface area (Å²) in [4.78, 5) is 15.0. The fraction of sp³-hybridized carbons (Fsp3) is 0.400. The van der Waals surface area contributed by atoms with Crippen molar-refractivity contribution in [1.82, 2.24) is 10.3 Å². The molecule has 0 bridgehead atoms. The van der Waals surface area contributed by atoms with Crippen LogP contribution in [0.1, 0.15) is 17.3 Å². The van der Waals surface area contributed by atoms with Crippen molar-refractivity contribution in [3.05, 3.63) is 28.8 Å². The van der Waals surface area contributed by atoms with Crippen molar-refractivity contribution in [2.75, 3.05) is 19.7 Å². The summed E-state index contributed by atoms with van der Waals surface area (Å²) in [6.45, 7) is 3.48. The number of hydrogen-bond donors (Lipinski definition) is 1. The zero-order valence-corrected chi connectivity index (χ0v) is 9.55. The number of carbonyl (C=O) groups excluding carboxylic acids is 1. The molecule has 0 saturated carbocycles. The van der Waals surface area contributed by atoms with Gasteiger partial charge in [0.1, 0.15) is 6.61 Å². The van der Waals surface area contributed by atoms with Gasteiger partial charge in [0.15, 0.2) is 5.82 Å². The summed E-state index contributed by atoms with van der Waals surface area (Å²) in [5.74, 6) is -1.40. The standard InChI is InChI=1S/C10H12ClFN2O2/c1-2-13-3-4-16-10(15)7-5-14-6-8(12)9(7)11/h5-6,13H,2-4H2,1H3. The van der Waals surface area contributed by atoms with Gasteiger partial charge in [-0.15, -0.1) is 0 Å². The molecule has 0 unspecified atom stereocenters. The van der Waals surface area contributed by atoms with Crippen LogP contribution in [-0.2, 0) is 4.74 Å². The van der Waals surface area contributed by atoms with E-state index in [0.29, 0.717) is 6.54 Å². The van der Waals surface area contributed by atoms with E-state index in [4.69, 9.17) is 16.3 Å². The number of likely N-dealkylation sites (N-methyl/N-ethyl adjacent to an activating group) is 1. The fourth-order valence-electron chi connectivity index (χ4n) is 1.03. The van der Waals surface area contributed by atoms with E-state index < -0.39 is 11.8 Å². The van der Waals surface area contributed by atoms with E-state index in [1.165, 1.54) is 6.20 Å². The number of halogens is 2. The van der Waals surface area contributed by atoms with Crippen LogP contribution in [0.3, 0.4) is 0 Å². The van der Waals surface area contributed by atoms with E-state index >= 15 is 0 Å². The molecule has 1 heterocycles. The minimum Gasteiger partial charge on any atom is -0.461 e. The number of nitrogens with one attached hydrogen (secondary N) is 1. The smallest absolute Gasteiger partial charge is 0.341 e. The molecule has 1 aromatic rings. The first-order chi connectivity index (χ1) is 7.66. The maximum atomic E-state index is 13.0. The Labute approximate surface area is 97.8 Å². The Morgan fingerprint density at radius 2 is 2.38 bits per heavy atom. The maximum absolute atomic E-state index is 13.0. The lowest BCUT2D eigenvalue weighted by Gasteiger charge is -2.06. The molecule has 0 amide bonds. The molecule has 0 aromatic carbocycles. The van der Waals surface area contributed by atoms with Gasteiger partial charge in [-0.2, -0.15) is 0 Å². The van der Waals surface area contributed by atoms with Crippen LogP contribution in [-0.4, -0.2) is 30.6 Å². The van der Waals surface area contributed by atoms with E-state index in [0.717, 1.165) is 12.7 Å². The van der Waals surface area contributed by atoms with Gasteiger partial charge in [0.2, 0.25) is 0 Å². The molecule has 0 aliphatic rings. The van der Waals surface area contributed by atoms with Gasteiger partial charge in [0.25, 0.3) is 0 Å². The molecule has 6 heteroatoms. The van der Waals surface area contributed by atoms with Crippen molar-refractivity contribution in [3.63, 3.8) is 0 Å². The van der Waals surface area contributed by atoms with Crippen molar-refractivity contribution in [3.8, 4) is 0 Å². The predicted octanol–water partition coefficient (Wildman–Crippen LogP) is 1.64. The number of carbonyl (C=O) groups is 1. The molecule has 0 atom stereocenters. The highest BCUT2D eigenvalue weighted by molar-refractivity contribution is 6.33. The molecule has 4 nitrogen and oxygen atoms in total. The Bertz CT molecular complexity index is 374. The molecule has 16 heavy (non-hydrogen) atoms. The predicted molar refractivity (Wildman–Crippen MR) is 58.0 cm³/mol. The van der Waals surface area contributed by atoms with Crippen molar-refractivity contribution in [2.24, 2.45) is 0 Å². The number of ether oxygens (including phenoxy) is 1. The minimum absolute atomic E-state index is 0.0573. The second kappa shape index (κ2) is 6.40. The highest BCUT2D eigenvalue weighted by Gasteiger charge is 2.15. The third kappa shape index (κ3) is 3.43. The molecule has 1 rings (SSSR count). The maximum Gasteiger partial charge on any atom is 0.341 e. The number of aromatic nitrogens is 1. The van der Waals surface area contributed by atoms with Gasteiger partial charge < -0.3 is 10.1 Å². The summed E-state index contributed by atoms with van der Waals surface area (Å²) >= 11 is 5.60. The highest BCUT2D eigenvalue weighted by atomic mass is 35.5. The van der Waals surface area contributed by atoms with Crippen LogP contribution >= 0.6 is 11.6 Å². The van der Waals surface area contributed by atoms with Crippen LogP contribution in [0.15, 0.2) is 12.4 Å². The van der Waals surface area contributed by atoms with E-state index in [-0.39, 0.29) is 17.2 Å². The number of pyridine rings is 1. The van der Waals surface area contributed by atoms with Crippen LogP contribution in [0.25, 0.3) is 0 Å². The number of nitrogens with zero attached hydrogens (tertiary/aromatic N) is 1. The average Bonchev–Trinajstić information content (AvgIpc) is 2.28. The summed E-state index contributed by atoms with van der Waals surface area (Å²) in [6.07, 6.45) is 2.12. The largest absolute Gasteiger partial charge is 0.461 e. The lowest BCUT2D eigenvalue weighted by atomic mass is 10.3. The average molecular weight is 247 g/mol. The Balaban J connectivity index is 2.56. The van der Waals surface area contributed by atoms with Gasteiger partial charge in [-0.05, 0) is 6.54 Å². The van der Waals surface area contributed by atoms with Crippen molar-refractivity contribution in [1.29, 1.82) is 0 Å². The molecule has 1 N–H and O–H groups in total. The van der Waals surface area contributed by atoms with Crippen molar-refractivity contribution >= 4 is 17.6 Å². The normalized spacial score (nSPS) is 10.2. The van der Waals surface area contributed by atoms with E-state index in [2.05, 4.69) is 10.3 Å². The van der Waals surface area contributed by atoms with Gasteiger partial charge in [-0.1, -0.05) is 18.5 Å². The molecule has 0 saturated heterocycles. The third-order valence-corrected chi connectivity index (χ3v) is 2.20. The third-order valence-electron chi connectivity index (χ3n) is 1.82. The molecular formula is C10H12ClFN2O2. The van der Waals surface area contributed by atoms with Crippen LogP contribution < -0.4 is 5.32 Å². The van der Waals surface area contributed by atoms with Crippen molar-refractivity contribution in [2.45, 2.75) is 6.92 Å². The summed E-state index contributed by atoms with van der Waals surface area (Å²) < 4.78 is 17.8. The monoisotopic (exact) mass is 246 g/mol. The zero-order chi connectivity index (χ0) is 12.0. The molecule has 0 radical (unpaired) electrons. The molecular weight excluding hydrogens is 235 g/mol. The molecule has 0 fully saturated rings. The molecule has 0 aliphatic carbocycles. The first-order valence-corrected chi connectivity index (χ1v) is 5.21. The second-order valence-corrected chi connectivity index (χ2v) is 3.35. The first-order valence-electron chi connectivity index (χ1n) is 4.83. The summed E-state index contributed by atoms with van der Waals surface area (Å²) in [5.41, 5.74) is -0.0573. The van der Waals surface area contributed by atoms with Gasteiger partial charge in [-0.25, -0.2) is 9.18 Å². The number of esters is 1. The van der Waals surface area contributed by atoms with E-state index in [1.54, 1.807) is 0 Å². The molecule has 1 aromatic heterocycles. The lowest BCUT2D eigenvalue weighted by molar-refractivity contribution is 0.0508. The zero-order valence-electron chi connectivity index (χ0n) is 8.80. The minimum atomic E-state index is -0.734. The van der Waals surface area contributed by atoms with Crippen LogP contribution in [0.4, 0.5) is 4.39 Å². The van der Waals surface area contributed by atoms with Crippen LogP contribution in [0, 0.1) is 5.82 Å². The van der Waals surface area contributed by atoms with Gasteiger partial charge in [0, 0.05) is 12.7 Å². The van der Waals surface area contributed by atoms with Crippen LogP contribution in [0.5, 0.6) is 0 Å². The second-order valence-electron chi connectivity index (χ2n) is 2.97. The molecule has 88 valence electrons. The Hall–Kier alpha value is -1.20. The Morgan fingerprint density at radius 3 is 3.06 bits per heavy atom. The Kier molecular flexibility index (Phi) is 5.14. The summed E-state index contributed by atoms with van der Waals surface area (Å²) in [7, 11) is 0. The van der Waals surface area contributed by atoms with E-state index in [9.17, 15) is 9.18 Å². The first kappa shape index (κ1) is 12.9. The highest BCUT2D eigenvalue weighted by Crippen LogP contribution is 2.18. The Morgan fingerprint density at radius 1 is 1.62 bits per heavy atom.